The minimum Gasteiger partial charge on any atom is -0.313 e. The van der Waals surface area contributed by atoms with Crippen LogP contribution in [0.2, 0.25) is 5.02 Å². The van der Waals surface area contributed by atoms with Crippen LogP contribution in [-0.2, 0) is 6.54 Å². The zero-order chi connectivity index (χ0) is 12.0. The maximum Gasteiger partial charge on any atom is 0.142 e. The van der Waals surface area contributed by atoms with Gasteiger partial charge in [-0.2, -0.15) is 0 Å². The van der Waals surface area contributed by atoms with Gasteiger partial charge >= 0.3 is 0 Å². The molecule has 0 bridgehead atoms. The number of halogens is 2. The molecule has 0 aliphatic rings. The van der Waals surface area contributed by atoms with Gasteiger partial charge in [0.05, 0.1) is 5.02 Å². The van der Waals surface area contributed by atoms with Gasteiger partial charge in [0.1, 0.15) is 5.82 Å². The van der Waals surface area contributed by atoms with Crippen LogP contribution in [0.1, 0.15) is 19.4 Å². The number of nitrogens with one attached hydrogen (secondary N) is 2. The summed E-state index contributed by atoms with van der Waals surface area (Å²) in [5.74, 6) is -0.360. The van der Waals surface area contributed by atoms with Crippen molar-refractivity contribution in [2.24, 2.45) is 0 Å². The minimum atomic E-state index is -0.360. The van der Waals surface area contributed by atoms with Gasteiger partial charge < -0.3 is 10.6 Å². The fraction of sp³-hybridized carbons (Fsp3) is 0.500. The van der Waals surface area contributed by atoms with E-state index in [1.54, 1.807) is 6.07 Å². The molecule has 0 atom stereocenters. The lowest BCUT2D eigenvalue weighted by atomic mass is 10.2. The van der Waals surface area contributed by atoms with Crippen molar-refractivity contribution in [3.8, 4) is 0 Å². The first-order valence-corrected chi connectivity index (χ1v) is 5.86. The molecule has 0 heterocycles. The van der Waals surface area contributed by atoms with Gasteiger partial charge in [-0.3, -0.25) is 0 Å². The molecule has 16 heavy (non-hydrogen) atoms. The Labute approximate surface area is 101 Å². The average Bonchev–Trinajstić information content (AvgIpc) is 2.23. The van der Waals surface area contributed by atoms with Crippen LogP contribution in [0, 0.1) is 5.82 Å². The van der Waals surface area contributed by atoms with Crippen LogP contribution in [0.5, 0.6) is 0 Å². The zero-order valence-corrected chi connectivity index (χ0v) is 10.4. The first-order chi connectivity index (χ1) is 7.61. The van der Waals surface area contributed by atoms with Gasteiger partial charge in [-0.25, -0.2) is 4.39 Å². The van der Waals surface area contributed by atoms with Crippen LogP contribution in [-0.4, -0.2) is 19.1 Å². The third-order valence-corrected chi connectivity index (χ3v) is 2.62. The van der Waals surface area contributed by atoms with Crippen molar-refractivity contribution in [2.45, 2.75) is 26.4 Å². The first kappa shape index (κ1) is 13.4. The topological polar surface area (TPSA) is 24.1 Å². The predicted molar refractivity (Wildman–Crippen MR) is 66.3 cm³/mol. The van der Waals surface area contributed by atoms with E-state index >= 15 is 0 Å². The van der Waals surface area contributed by atoms with E-state index in [0.717, 1.165) is 18.7 Å². The summed E-state index contributed by atoms with van der Waals surface area (Å²) in [7, 11) is 0. The highest BCUT2D eigenvalue weighted by molar-refractivity contribution is 6.31. The lowest BCUT2D eigenvalue weighted by Crippen LogP contribution is -2.31. The van der Waals surface area contributed by atoms with Crippen LogP contribution < -0.4 is 10.6 Å². The molecule has 0 saturated heterocycles. The molecule has 1 aromatic carbocycles. The van der Waals surface area contributed by atoms with Crippen LogP contribution in [0.15, 0.2) is 18.2 Å². The number of hydrogen-bond acceptors (Lipinski definition) is 2. The average molecular weight is 245 g/mol. The minimum absolute atomic E-state index is 0.215. The standard InChI is InChI=1S/C12H18ClFN2/c1-9(2)16-7-6-15-8-10-4-3-5-11(14)12(10)13/h3-5,9,15-16H,6-8H2,1-2H3. The largest absolute Gasteiger partial charge is 0.313 e. The molecule has 0 aliphatic carbocycles. The molecule has 1 rings (SSSR count). The zero-order valence-electron chi connectivity index (χ0n) is 9.69. The van der Waals surface area contributed by atoms with Gasteiger partial charge in [-0.15, -0.1) is 0 Å². The Balaban J connectivity index is 2.29. The number of rotatable bonds is 6. The fourth-order valence-electron chi connectivity index (χ4n) is 1.36. The summed E-state index contributed by atoms with van der Waals surface area (Å²) in [6.07, 6.45) is 0. The second-order valence-corrected chi connectivity index (χ2v) is 4.38. The molecule has 0 aromatic heterocycles. The smallest absolute Gasteiger partial charge is 0.142 e. The Morgan fingerprint density at radius 1 is 1.31 bits per heavy atom. The highest BCUT2D eigenvalue weighted by atomic mass is 35.5. The van der Waals surface area contributed by atoms with Crippen LogP contribution in [0.25, 0.3) is 0 Å². The van der Waals surface area contributed by atoms with Crippen LogP contribution in [0.4, 0.5) is 4.39 Å². The van der Waals surface area contributed by atoms with Crippen molar-refractivity contribution in [1.82, 2.24) is 10.6 Å². The monoisotopic (exact) mass is 244 g/mol. The Kier molecular flexibility index (Phi) is 5.74. The van der Waals surface area contributed by atoms with Gasteiger partial charge in [0.25, 0.3) is 0 Å². The molecule has 0 unspecified atom stereocenters. The Morgan fingerprint density at radius 3 is 2.75 bits per heavy atom. The quantitative estimate of drug-likeness (QED) is 0.752. The summed E-state index contributed by atoms with van der Waals surface area (Å²) >= 11 is 5.83. The van der Waals surface area contributed by atoms with Crippen molar-refractivity contribution in [3.05, 3.63) is 34.6 Å². The SMILES string of the molecule is CC(C)NCCNCc1cccc(F)c1Cl. The Bertz CT molecular complexity index is 329. The molecule has 90 valence electrons. The molecule has 0 aliphatic heterocycles. The van der Waals surface area contributed by atoms with Crippen molar-refractivity contribution >= 4 is 11.6 Å². The third kappa shape index (κ3) is 4.47. The third-order valence-electron chi connectivity index (χ3n) is 2.20. The predicted octanol–water partition coefficient (Wildman–Crippen LogP) is 2.57. The van der Waals surface area contributed by atoms with Crippen molar-refractivity contribution in [3.63, 3.8) is 0 Å². The molecule has 0 amide bonds. The van der Waals surface area contributed by atoms with Crippen molar-refractivity contribution in [1.29, 1.82) is 0 Å². The van der Waals surface area contributed by atoms with E-state index in [1.165, 1.54) is 6.07 Å². The van der Waals surface area contributed by atoms with Gasteiger partial charge in [-0.1, -0.05) is 37.6 Å². The summed E-state index contributed by atoms with van der Waals surface area (Å²) in [6.45, 7) is 6.53. The Morgan fingerprint density at radius 2 is 2.06 bits per heavy atom. The lowest BCUT2D eigenvalue weighted by molar-refractivity contribution is 0.554. The first-order valence-electron chi connectivity index (χ1n) is 5.48. The second kappa shape index (κ2) is 6.84. The summed E-state index contributed by atoms with van der Waals surface area (Å²) in [5.41, 5.74) is 0.797. The highest BCUT2D eigenvalue weighted by Gasteiger charge is 2.04. The van der Waals surface area contributed by atoms with Gasteiger partial charge in [-0.05, 0) is 11.6 Å². The molecule has 0 spiro atoms. The Hall–Kier alpha value is -0.640. The molecule has 2 N–H and O–H groups in total. The second-order valence-electron chi connectivity index (χ2n) is 4.00. The van der Waals surface area contributed by atoms with Crippen LogP contribution in [0.3, 0.4) is 0 Å². The van der Waals surface area contributed by atoms with E-state index in [1.807, 2.05) is 6.07 Å². The summed E-state index contributed by atoms with van der Waals surface area (Å²) in [5, 5.41) is 6.71. The van der Waals surface area contributed by atoms with Gasteiger partial charge in [0.15, 0.2) is 0 Å². The van der Waals surface area contributed by atoms with E-state index in [9.17, 15) is 4.39 Å². The van der Waals surface area contributed by atoms with E-state index in [-0.39, 0.29) is 10.8 Å². The maximum absolute atomic E-state index is 13.1. The van der Waals surface area contributed by atoms with Crippen molar-refractivity contribution in [2.75, 3.05) is 13.1 Å². The van der Waals surface area contributed by atoms with Gasteiger partial charge in [0.2, 0.25) is 0 Å². The molecule has 0 saturated carbocycles. The summed E-state index contributed by atoms with van der Waals surface area (Å²) < 4.78 is 13.1. The molecule has 0 radical (unpaired) electrons. The molecular weight excluding hydrogens is 227 g/mol. The molecule has 4 heteroatoms. The normalized spacial score (nSPS) is 11.1. The van der Waals surface area contributed by atoms with E-state index in [0.29, 0.717) is 12.6 Å². The highest BCUT2D eigenvalue weighted by Crippen LogP contribution is 2.18. The van der Waals surface area contributed by atoms with E-state index in [4.69, 9.17) is 11.6 Å². The molecule has 1 aromatic rings. The van der Waals surface area contributed by atoms with Crippen molar-refractivity contribution < 1.29 is 4.39 Å². The van der Waals surface area contributed by atoms with Crippen LogP contribution >= 0.6 is 11.6 Å². The maximum atomic E-state index is 13.1. The number of hydrogen-bond donors (Lipinski definition) is 2. The lowest BCUT2D eigenvalue weighted by Gasteiger charge is -2.10. The molecule has 0 fully saturated rings. The summed E-state index contributed by atoms with van der Waals surface area (Å²) in [4.78, 5) is 0. The fourth-order valence-corrected chi connectivity index (χ4v) is 1.55. The summed E-state index contributed by atoms with van der Waals surface area (Å²) in [6, 6.07) is 5.35. The number of benzene rings is 1. The van der Waals surface area contributed by atoms with E-state index in [2.05, 4.69) is 24.5 Å². The molecule has 2 nitrogen and oxygen atoms in total. The van der Waals surface area contributed by atoms with Gasteiger partial charge in [0, 0.05) is 25.7 Å². The van der Waals surface area contributed by atoms with E-state index < -0.39 is 0 Å². The molecular formula is C12H18ClFN2.